The van der Waals surface area contributed by atoms with Crippen molar-refractivity contribution in [3.05, 3.63) is 107 Å². The summed E-state index contributed by atoms with van der Waals surface area (Å²) in [5.41, 5.74) is 14.7. The molecule has 3 N–H and O–H groups in total. The van der Waals surface area contributed by atoms with Crippen molar-refractivity contribution in [1.29, 1.82) is 0 Å². The second-order valence-corrected chi connectivity index (χ2v) is 9.25. The summed E-state index contributed by atoms with van der Waals surface area (Å²) in [6.45, 7) is 15.8. The first-order valence-corrected chi connectivity index (χ1v) is 11.8. The van der Waals surface area contributed by atoms with Crippen molar-refractivity contribution in [2.45, 2.75) is 33.1 Å². The van der Waals surface area contributed by atoms with Crippen molar-refractivity contribution in [2.24, 2.45) is 0 Å². The smallest absolute Gasteiger partial charge is 0.126 e. The van der Waals surface area contributed by atoms with Crippen molar-refractivity contribution < 1.29 is 4.39 Å². The number of rotatable bonds is 10. The molecule has 0 saturated heterocycles. The predicted molar refractivity (Wildman–Crippen MR) is 145 cm³/mol. The summed E-state index contributed by atoms with van der Waals surface area (Å²) >= 11 is 1.69. The number of thiophene rings is 1. The van der Waals surface area contributed by atoms with Gasteiger partial charge in [0.05, 0.1) is 0 Å². The molecule has 3 rings (SSSR count). The molecule has 0 fully saturated rings. The maximum absolute atomic E-state index is 13.6. The van der Waals surface area contributed by atoms with Crippen molar-refractivity contribution in [3.8, 4) is 11.1 Å². The molecule has 3 aromatic rings. The van der Waals surface area contributed by atoms with E-state index in [0.717, 1.165) is 52.9 Å². The zero-order valence-corrected chi connectivity index (χ0v) is 20.2. The van der Waals surface area contributed by atoms with Crippen molar-refractivity contribution in [1.82, 2.24) is 0 Å². The van der Waals surface area contributed by atoms with Crippen LogP contribution in [0.3, 0.4) is 0 Å². The van der Waals surface area contributed by atoms with Gasteiger partial charge in [0.2, 0.25) is 0 Å². The molecule has 1 aromatic heterocycles. The van der Waals surface area contributed by atoms with Crippen molar-refractivity contribution in [3.63, 3.8) is 0 Å². The summed E-state index contributed by atoms with van der Waals surface area (Å²) in [7, 11) is 0. The molecule has 0 spiro atoms. The monoisotopic (exact) mass is 458 g/mol. The first-order valence-electron chi connectivity index (χ1n) is 10.9. The van der Waals surface area contributed by atoms with Crippen LogP contribution in [0.1, 0.15) is 42.2 Å². The van der Waals surface area contributed by atoms with Crippen LogP contribution in [0.15, 0.2) is 84.9 Å². The van der Waals surface area contributed by atoms with Crippen LogP contribution in [0.25, 0.3) is 22.8 Å². The van der Waals surface area contributed by atoms with E-state index in [-0.39, 0.29) is 5.82 Å². The third kappa shape index (κ3) is 6.56. The van der Waals surface area contributed by atoms with Gasteiger partial charge in [-0.3, -0.25) is 0 Å². The van der Waals surface area contributed by atoms with E-state index in [9.17, 15) is 4.39 Å². The second-order valence-electron chi connectivity index (χ2n) is 8.31. The highest BCUT2D eigenvalue weighted by Crippen LogP contribution is 2.30. The van der Waals surface area contributed by atoms with Gasteiger partial charge in [-0.25, -0.2) is 4.39 Å². The standard InChI is InChI=1S/C29H31FN2S/c1-6-7-22(9-8-21(5)32-25-11-12-27(19(2)3)29(31)17-25)15-26-16-24(18-33-26)23-10-13-28(30)20(4)14-23/h6,10-18,32H,1-2,5,7-9,31H2,3-4H3/b22-15-. The molecule has 1 heterocycles. The van der Waals surface area contributed by atoms with Crippen LogP contribution in [0.2, 0.25) is 0 Å². The molecule has 0 radical (unpaired) electrons. The second kappa shape index (κ2) is 11.0. The zero-order valence-electron chi connectivity index (χ0n) is 19.4. The molecule has 0 unspecified atom stereocenters. The number of anilines is 2. The van der Waals surface area contributed by atoms with Crippen molar-refractivity contribution >= 4 is 34.4 Å². The van der Waals surface area contributed by atoms with E-state index in [1.807, 2.05) is 43.3 Å². The Morgan fingerprint density at radius 3 is 2.55 bits per heavy atom. The van der Waals surface area contributed by atoms with Crippen LogP contribution < -0.4 is 11.1 Å². The molecule has 33 heavy (non-hydrogen) atoms. The summed E-state index contributed by atoms with van der Waals surface area (Å²) in [5.74, 6) is -0.175. The fourth-order valence-corrected chi connectivity index (χ4v) is 4.53. The van der Waals surface area contributed by atoms with E-state index in [1.54, 1.807) is 18.3 Å². The number of hydrogen-bond acceptors (Lipinski definition) is 3. The Kier molecular flexibility index (Phi) is 8.07. The topological polar surface area (TPSA) is 38.0 Å². The molecule has 4 heteroatoms. The number of nitrogens with one attached hydrogen (secondary N) is 1. The number of aryl methyl sites for hydroxylation is 1. The summed E-state index contributed by atoms with van der Waals surface area (Å²) < 4.78 is 13.6. The number of nitrogens with two attached hydrogens (primary N) is 1. The maximum atomic E-state index is 13.6. The third-order valence-electron chi connectivity index (χ3n) is 5.44. The molecule has 2 nitrogen and oxygen atoms in total. The van der Waals surface area contributed by atoms with Gasteiger partial charge in [-0.2, -0.15) is 0 Å². The third-order valence-corrected chi connectivity index (χ3v) is 6.32. The average molecular weight is 459 g/mol. The Bertz CT molecular complexity index is 1220. The van der Waals surface area contributed by atoms with Gasteiger partial charge in [0.15, 0.2) is 0 Å². The molecule has 0 aliphatic heterocycles. The van der Waals surface area contributed by atoms with Crippen LogP contribution in [0, 0.1) is 12.7 Å². The van der Waals surface area contributed by atoms with Gasteiger partial charge in [-0.15, -0.1) is 17.9 Å². The van der Waals surface area contributed by atoms with Crippen LogP contribution in [-0.2, 0) is 0 Å². The molecule has 0 amide bonds. The molecular weight excluding hydrogens is 427 g/mol. The Balaban J connectivity index is 1.66. The van der Waals surface area contributed by atoms with Crippen molar-refractivity contribution in [2.75, 3.05) is 11.1 Å². The lowest BCUT2D eigenvalue weighted by molar-refractivity contribution is 0.619. The van der Waals surface area contributed by atoms with Crippen LogP contribution in [-0.4, -0.2) is 0 Å². The average Bonchev–Trinajstić information content (AvgIpc) is 3.22. The highest BCUT2D eigenvalue weighted by molar-refractivity contribution is 7.11. The van der Waals surface area contributed by atoms with Gasteiger partial charge in [0.1, 0.15) is 5.82 Å². The maximum Gasteiger partial charge on any atom is 0.126 e. The summed E-state index contributed by atoms with van der Waals surface area (Å²) in [6, 6.07) is 13.3. The molecule has 170 valence electrons. The minimum absolute atomic E-state index is 0.175. The fraction of sp³-hybridized carbons (Fsp3) is 0.172. The lowest BCUT2D eigenvalue weighted by Crippen LogP contribution is -2.01. The summed E-state index contributed by atoms with van der Waals surface area (Å²) in [6.07, 6.45) is 6.64. The largest absolute Gasteiger partial charge is 0.398 e. The number of nitrogen functional groups attached to an aromatic ring is 1. The van der Waals surface area contributed by atoms with Gasteiger partial charge in [-0.1, -0.05) is 36.9 Å². The lowest BCUT2D eigenvalue weighted by atomic mass is 10.0. The fourth-order valence-electron chi connectivity index (χ4n) is 3.63. The zero-order chi connectivity index (χ0) is 24.0. The molecule has 0 aliphatic rings. The van der Waals surface area contributed by atoms with Crippen LogP contribution in [0.4, 0.5) is 15.8 Å². The molecule has 0 saturated carbocycles. The van der Waals surface area contributed by atoms with Gasteiger partial charge in [0, 0.05) is 21.9 Å². The Morgan fingerprint density at radius 2 is 1.88 bits per heavy atom. The van der Waals surface area contributed by atoms with E-state index in [0.29, 0.717) is 11.3 Å². The van der Waals surface area contributed by atoms with Crippen LogP contribution in [0.5, 0.6) is 0 Å². The quantitative estimate of drug-likeness (QED) is 0.235. The molecule has 2 aromatic carbocycles. The Hall–Kier alpha value is -3.37. The number of allylic oxidation sites excluding steroid dienone is 4. The highest BCUT2D eigenvalue weighted by Gasteiger charge is 2.07. The minimum Gasteiger partial charge on any atom is -0.398 e. The van der Waals surface area contributed by atoms with Gasteiger partial charge < -0.3 is 11.1 Å². The summed E-state index contributed by atoms with van der Waals surface area (Å²) in [4.78, 5) is 1.17. The normalized spacial score (nSPS) is 11.3. The van der Waals surface area contributed by atoms with Gasteiger partial charge in [0.25, 0.3) is 0 Å². The SMILES string of the molecule is C=CC/C(=C/c1cc(-c2ccc(F)c(C)c2)cs1)CCC(=C)Nc1ccc(C(=C)C)c(N)c1. The molecule has 0 atom stereocenters. The Labute approximate surface area is 200 Å². The summed E-state index contributed by atoms with van der Waals surface area (Å²) in [5, 5.41) is 5.48. The van der Waals surface area contributed by atoms with E-state index >= 15 is 0 Å². The van der Waals surface area contributed by atoms with E-state index in [1.165, 1.54) is 16.5 Å². The van der Waals surface area contributed by atoms with E-state index in [4.69, 9.17) is 5.73 Å². The van der Waals surface area contributed by atoms with Crippen LogP contribution >= 0.6 is 11.3 Å². The Morgan fingerprint density at radius 1 is 1.09 bits per heavy atom. The first kappa shape index (κ1) is 24.3. The molecular formula is C29H31FN2S. The molecule has 0 bridgehead atoms. The van der Waals surface area contributed by atoms with Gasteiger partial charge >= 0.3 is 0 Å². The number of halogens is 1. The minimum atomic E-state index is -0.175. The lowest BCUT2D eigenvalue weighted by Gasteiger charge is -2.13. The first-order chi connectivity index (χ1) is 15.8. The number of hydrogen-bond donors (Lipinski definition) is 2. The highest BCUT2D eigenvalue weighted by atomic mass is 32.1. The number of benzene rings is 2. The molecule has 0 aliphatic carbocycles. The van der Waals surface area contributed by atoms with Gasteiger partial charge in [-0.05, 0) is 103 Å². The predicted octanol–water partition coefficient (Wildman–Crippen LogP) is 8.84. The van der Waals surface area contributed by atoms with E-state index < -0.39 is 0 Å². The van der Waals surface area contributed by atoms with E-state index in [2.05, 4.69) is 42.6 Å².